The van der Waals surface area contributed by atoms with E-state index in [4.69, 9.17) is 24.4 Å². The maximum Gasteiger partial charge on any atom is 0.227 e. The number of hydrogen-bond donors (Lipinski definition) is 0. The lowest BCUT2D eigenvalue weighted by Crippen LogP contribution is -2.00. The van der Waals surface area contributed by atoms with Crippen molar-refractivity contribution in [2.45, 2.75) is 0 Å². The van der Waals surface area contributed by atoms with Gasteiger partial charge in [0.15, 0.2) is 23.1 Å². The third-order valence-electron chi connectivity index (χ3n) is 8.29. The lowest BCUT2D eigenvalue weighted by atomic mass is 10.1. The van der Waals surface area contributed by atoms with Crippen LogP contribution in [0.2, 0.25) is 0 Å². The minimum Gasteiger partial charge on any atom is -0.436 e. The molecule has 0 amide bonds. The van der Waals surface area contributed by atoms with Crippen molar-refractivity contribution < 1.29 is 4.42 Å². The second kappa shape index (κ2) is 10.6. The van der Waals surface area contributed by atoms with Gasteiger partial charge in [-0.1, -0.05) is 109 Å². The van der Waals surface area contributed by atoms with Crippen molar-refractivity contribution >= 4 is 32.9 Å². The lowest BCUT2D eigenvalue weighted by Gasteiger charge is -2.08. The van der Waals surface area contributed by atoms with E-state index in [2.05, 4.69) is 65.2 Å². The molecule has 46 heavy (non-hydrogen) atoms. The minimum atomic E-state index is 0.565. The average molecular weight is 592 g/mol. The number of para-hydroxylation sites is 2. The number of hydrogen-bond acceptors (Lipinski definition) is 5. The first-order valence-corrected chi connectivity index (χ1v) is 15.2. The van der Waals surface area contributed by atoms with Gasteiger partial charge in [-0.15, -0.1) is 0 Å². The van der Waals surface area contributed by atoms with Gasteiger partial charge in [0.05, 0.1) is 11.0 Å². The van der Waals surface area contributed by atoms with E-state index >= 15 is 0 Å². The minimum absolute atomic E-state index is 0.565. The molecule has 3 heterocycles. The highest BCUT2D eigenvalue weighted by atomic mass is 16.3. The van der Waals surface area contributed by atoms with E-state index in [9.17, 15) is 0 Å². The number of rotatable bonds is 5. The van der Waals surface area contributed by atoms with Crippen molar-refractivity contribution in [2.24, 2.45) is 0 Å². The molecule has 3 aromatic heterocycles. The lowest BCUT2D eigenvalue weighted by molar-refractivity contribution is 0.620. The Hall–Kier alpha value is -6.40. The number of oxazole rings is 1. The summed E-state index contributed by atoms with van der Waals surface area (Å²) in [6.07, 6.45) is 0. The summed E-state index contributed by atoms with van der Waals surface area (Å²) >= 11 is 0. The van der Waals surface area contributed by atoms with E-state index in [0.717, 1.165) is 55.5 Å². The Balaban J connectivity index is 1.12. The first-order valence-electron chi connectivity index (χ1n) is 15.2. The first-order chi connectivity index (χ1) is 22.8. The molecule has 0 fully saturated rings. The molecule has 9 aromatic rings. The molecule has 0 spiro atoms. The second-order valence-corrected chi connectivity index (χ2v) is 11.2. The van der Waals surface area contributed by atoms with E-state index in [-0.39, 0.29) is 0 Å². The molecule has 0 aliphatic heterocycles. The highest BCUT2D eigenvalue weighted by Gasteiger charge is 2.17. The third-order valence-corrected chi connectivity index (χ3v) is 8.29. The van der Waals surface area contributed by atoms with Gasteiger partial charge in [0.2, 0.25) is 5.89 Å². The van der Waals surface area contributed by atoms with Gasteiger partial charge in [-0.05, 0) is 42.5 Å². The quantitative estimate of drug-likeness (QED) is 0.199. The molecule has 0 atom stereocenters. The summed E-state index contributed by atoms with van der Waals surface area (Å²) in [5, 5.41) is 2.30. The monoisotopic (exact) mass is 591 g/mol. The molecule has 0 saturated carbocycles. The van der Waals surface area contributed by atoms with Gasteiger partial charge in [-0.2, -0.15) is 0 Å². The molecule has 6 nitrogen and oxygen atoms in total. The molecule has 216 valence electrons. The Bertz CT molecular complexity index is 2440. The van der Waals surface area contributed by atoms with Crippen LogP contribution >= 0.6 is 0 Å². The zero-order chi connectivity index (χ0) is 30.5. The van der Waals surface area contributed by atoms with Crippen LogP contribution in [0.25, 0.3) is 84.2 Å². The van der Waals surface area contributed by atoms with E-state index in [1.165, 1.54) is 5.39 Å². The van der Waals surface area contributed by atoms with Gasteiger partial charge < -0.3 is 8.98 Å². The summed E-state index contributed by atoms with van der Waals surface area (Å²) in [7, 11) is 0. The normalized spacial score (nSPS) is 11.5. The fourth-order valence-corrected chi connectivity index (χ4v) is 6.07. The highest BCUT2D eigenvalue weighted by molar-refractivity contribution is 6.12. The highest BCUT2D eigenvalue weighted by Crippen LogP contribution is 2.36. The summed E-state index contributed by atoms with van der Waals surface area (Å²) in [4.78, 5) is 19.4. The molecule has 9 rings (SSSR count). The molecule has 0 N–H and O–H groups in total. The van der Waals surface area contributed by atoms with Gasteiger partial charge in [-0.3, -0.25) is 0 Å². The molecule has 0 bridgehead atoms. The number of nitrogens with zero attached hydrogens (tertiary/aromatic N) is 5. The summed E-state index contributed by atoms with van der Waals surface area (Å²) in [5.74, 6) is 2.43. The van der Waals surface area contributed by atoms with Gasteiger partial charge >= 0.3 is 0 Å². The number of aromatic nitrogens is 5. The summed E-state index contributed by atoms with van der Waals surface area (Å²) in [6.45, 7) is 0. The standard InChI is InChI=1S/C40H25N5O/c1-4-12-26(13-5-1)37-42-38(27-14-6-2-7-15-27)44-39(43-37)28-20-22-29(23-21-28)40-41-33-25-35-32(24-36(33)46-40)31-18-10-11-19-34(31)45(35)30-16-8-3-9-17-30/h1-25H. The van der Waals surface area contributed by atoms with E-state index < -0.39 is 0 Å². The molecule has 6 aromatic carbocycles. The fraction of sp³-hybridized carbons (Fsp3) is 0. The summed E-state index contributed by atoms with van der Waals surface area (Å²) in [5.41, 5.74) is 8.54. The average Bonchev–Trinajstić information content (AvgIpc) is 3.70. The molecule has 0 saturated heterocycles. The maximum absolute atomic E-state index is 6.36. The third kappa shape index (κ3) is 4.43. The zero-order valence-corrected chi connectivity index (χ0v) is 24.6. The van der Waals surface area contributed by atoms with Crippen molar-refractivity contribution in [1.82, 2.24) is 24.5 Å². The Morgan fingerprint density at radius 2 is 0.935 bits per heavy atom. The van der Waals surface area contributed by atoms with E-state index in [0.29, 0.717) is 23.4 Å². The Labute approximate surface area is 264 Å². The van der Waals surface area contributed by atoms with Gasteiger partial charge in [0.1, 0.15) is 5.52 Å². The molecule has 0 aliphatic carbocycles. The Morgan fingerprint density at radius 1 is 0.413 bits per heavy atom. The predicted octanol–water partition coefficient (Wildman–Crippen LogP) is 9.78. The molecule has 0 radical (unpaired) electrons. The van der Waals surface area contributed by atoms with Crippen molar-refractivity contribution in [3.05, 3.63) is 152 Å². The Kier molecular flexibility index (Phi) is 6.03. The summed E-state index contributed by atoms with van der Waals surface area (Å²) in [6, 6.07) is 51.1. The molecule has 0 aliphatic rings. The Morgan fingerprint density at radius 3 is 1.57 bits per heavy atom. The van der Waals surface area contributed by atoms with Crippen LogP contribution < -0.4 is 0 Å². The predicted molar refractivity (Wildman–Crippen MR) is 183 cm³/mol. The van der Waals surface area contributed by atoms with E-state index in [1.807, 2.05) is 91.0 Å². The SMILES string of the molecule is c1ccc(-c2nc(-c3ccccc3)nc(-c3ccc(-c4nc5cc6c(cc5o4)c4ccccc4n6-c4ccccc4)cc3)n2)cc1. The zero-order valence-electron chi connectivity index (χ0n) is 24.6. The van der Waals surface area contributed by atoms with Crippen LogP contribution in [-0.4, -0.2) is 24.5 Å². The smallest absolute Gasteiger partial charge is 0.227 e. The number of fused-ring (bicyclic) bond motifs is 4. The van der Waals surface area contributed by atoms with Crippen LogP contribution in [0.4, 0.5) is 0 Å². The van der Waals surface area contributed by atoms with Crippen LogP contribution in [0.5, 0.6) is 0 Å². The number of benzene rings is 6. The van der Waals surface area contributed by atoms with Crippen LogP contribution in [0, 0.1) is 0 Å². The van der Waals surface area contributed by atoms with Crippen LogP contribution in [0.15, 0.2) is 156 Å². The maximum atomic E-state index is 6.36. The van der Waals surface area contributed by atoms with E-state index in [1.54, 1.807) is 0 Å². The van der Waals surface area contributed by atoms with Crippen LogP contribution in [-0.2, 0) is 0 Å². The second-order valence-electron chi connectivity index (χ2n) is 11.2. The van der Waals surface area contributed by atoms with Crippen molar-refractivity contribution in [3.63, 3.8) is 0 Å². The summed E-state index contributed by atoms with van der Waals surface area (Å²) < 4.78 is 8.65. The van der Waals surface area contributed by atoms with Crippen molar-refractivity contribution in [1.29, 1.82) is 0 Å². The van der Waals surface area contributed by atoms with Crippen molar-refractivity contribution in [2.75, 3.05) is 0 Å². The van der Waals surface area contributed by atoms with Gasteiger partial charge in [-0.25, -0.2) is 19.9 Å². The molecular formula is C40H25N5O. The molecular weight excluding hydrogens is 566 g/mol. The largest absolute Gasteiger partial charge is 0.436 e. The first kappa shape index (κ1) is 26.0. The van der Waals surface area contributed by atoms with Gasteiger partial charge in [0.25, 0.3) is 0 Å². The molecule has 6 heteroatoms. The fourth-order valence-electron chi connectivity index (χ4n) is 6.07. The molecule has 0 unspecified atom stereocenters. The van der Waals surface area contributed by atoms with Gasteiger partial charge in [0, 0.05) is 38.7 Å². The van der Waals surface area contributed by atoms with Crippen LogP contribution in [0.3, 0.4) is 0 Å². The van der Waals surface area contributed by atoms with Crippen LogP contribution in [0.1, 0.15) is 0 Å². The van der Waals surface area contributed by atoms with Crippen molar-refractivity contribution in [3.8, 4) is 51.3 Å². The topological polar surface area (TPSA) is 69.6 Å².